The van der Waals surface area contributed by atoms with Crippen molar-refractivity contribution < 1.29 is 9.90 Å². The molecule has 24 heavy (non-hydrogen) atoms. The Labute approximate surface area is 144 Å². The van der Waals surface area contributed by atoms with Gasteiger partial charge in [0.2, 0.25) is 0 Å². The fourth-order valence-corrected chi connectivity index (χ4v) is 2.79. The van der Waals surface area contributed by atoms with Crippen molar-refractivity contribution >= 4 is 17.5 Å². The third-order valence-electron chi connectivity index (χ3n) is 3.96. The van der Waals surface area contributed by atoms with Gasteiger partial charge in [-0.2, -0.15) is 5.10 Å². The fourth-order valence-electron chi connectivity index (χ4n) is 2.57. The quantitative estimate of drug-likeness (QED) is 0.764. The molecule has 0 aliphatic carbocycles. The number of halogens is 1. The average Bonchev–Trinajstić information content (AvgIpc) is 3.10. The minimum Gasteiger partial charge on any atom is -0.506 e. The maximum absolute atomic E-state index is 11.5. The van der Waals surface area contributed by atoms with Crippen LogP contribution >= 0.6 is 11.6 Å². The summed E-state index contributed by atoms with van der Waals surface area (Å²) in [6.07, 6.45) is 4.17. The zero-order chi connectivity index (χ0) is 17.3. The third-order valence-corrected chi connectivity index (χ3v) is 4.42. The van der Waals surface area contributed by atoms with E-state index in [2.05, 4.69) is 5.10 Å². The third kappa shape index (κ3) is 2.98. The van der Waals surface area contributed by atoms with Crippen molar-refractivity contribution in [1.29, 1.82) is 0 Å². The molecule has 0 bridgehead atoms. The molecule has 122 valence electrons. The highest BCUT2D eigenvalue weighted by molar-refractivity contribution is 6.33. The molecule has 0 aliphatic heterocycles. The van der Waals surface area contributed by atoms with Crippen molar-refractivity contribution in [3.63, 3.8) is 0 Å². The van der Waals surface area contributed by atoms with Crippen molar-refractivity contribution in [3.8, 4) is 11.4 Å². The average molecular weight is 342 g/mol. The van der Waals surface area contributed by atoms with Crippen LogP contribution in [-0.2, 0) is 6.42 Å². The summed E-state index contributed by atoms with van der Waals surface area (Å²) in [5.41, 5.74) is 8.92. The number of hydrogen-bond donors (Lipinski definition) is 2. The van der Waals surface area contributed by atoms with Crippen molar-refractivity contribution in [2.45, 2.75) is 13.3 Å². The molecule has 3 rings (SSSR count). The number of phenols is 1. The van der Waals surface area contributed by atoms with E-state index in [-0.39, 0.29) is 16.3 Å². The molecule has 0 fully saturated rings. The Balaban J connectivity index is 1.92. The molecule has 1 heterocycles. The van der Waals surface area contributed by atoms with Crippen LogP contribution in [0.5, 0.6) is 5.75 Å². The van der Waals surface area contributed by atoms with Gasteiger partial charge in [-0.3, -0.25) is 4.79 Å². The maximum Gasteiger partial charge on any atom is 0.252 e. The summed E-state index contributed by atoms with van der Waals surface area (Å²) in [4.78, 5) is 11.5. The van der Waals surface area contributed by atoms with E-state index >= 15 is 0 Å². The first-order valence-electron chi connectivity index (χ1n) is 7.37. The predicted molar refractivity (Wildman–Crippen MR) is 92.7 cm³/mol. The van der Waals surface area contributed by atoms with E-state index in [0.717, 1.165) is 22.4 Å². The molecule has 6 heteroatoms. The molecule has 0 atom stereocenters. The van der Waals surface area contributed by atoms with Crippen molar-refractivity contribution in [2.75, 3.05) is 0 Å². The Morgan fingerprint density at radius 2 is 2.04 bits per heavy atom. The number of benzene rings is 2. The van der Waals surface area contributed by atoms with E-state index in [1.807, 2.05) is 36.5 Å². The number of aromatic nitrogens is 2. The second kappa shape index (κ2) is 6.37. The second-order valence-electron chi connectivity index (χ2n) is 5.53. The van der Waals surface area contributed by atoms with Crippen LogP contribution < -0.4 is 5.73 Å². The predicted octanol–water partition coefficient (Wildman–Crippen LogP) is 3.23. The van der Waals surface area contributed by atoms with Gasteiger partial charge in [0.25, 0.3) is 5.91 Å². The van der Waals surface area contributed by atoms with Gasteiger partial charge in [0, 0.05) is 12.4 Å². The maximum atomic E-state index is 11.5. The number of aromatic hydroxyl groups is 1. The van der Waals surface area contributed by atoms with Crippen LogP contribution in [0.15, 0.2) is 48.8 Å². The number of hydrogen-bond acceptors (Lipinski definition) is 3. The number of amides is 1. The van der Waals surface area contributed by atoms with Crippen LogP contribution in [0.3, 0.4) is 0 Å². The van der Waals surface area contributed by atoms with Gasteiger partial charge in [-0.05, 0) is 54.3 Å². The summed E-state index contributed by atoms with van der Waals surface area (Å²) in [6, 6.07) is 11.4. The number of carbonyl (C=O) groups excluding carboxylic acids is 1. The number of carbonyl (C=O) groups is 1. The lowest BCUT2D eigenvalue weighted by atomic mass is 9.97. The van der Waals surface area contributed by atoms with E-state index in [4.69, 9.17) is 17.3 Å². The Kier molecular flexibility index (Phi) is 4.27. The highest BCUT2D eigenvalue weighted by Crippen LogP contribution is 2.34. The fraction of sp³-hybridized carbons (Fsp3) is 0.111. The summed E-state index contributed by atoms with van der Waals surface area (Å²) < 4.78 is 1.78. The van der Waals surface area contributed by atoms with Crippen LogP contribution in [0.1, 0.15) is 27.0 Å². The normalized spacial score (nSPS) is 10.8. The van der Waals surface area contributed by atoms with E-state index < -0.39 is 5.91 Å². The van der Waals surface area contributed by atoms with Gasteiger partial charge in [0.05, 0.1) is 16.3 Å². The van der Waals surface area contributed by atoms with E-state index in [1.54, 1.807) is 23.9 Å². The molecule has 0 saturated carbocycles. The molecule has 0 radical (unpaired) electrons. The van der Waals surface area contributed by atoms with Crippen LogP contribution in [0.25, 0.3) is 5.69 Å². The Hall–Kier alpha value is -2.79. The van der Waals surface area contributed by atoms with Gasteiger partial charge in [-0.15, -0.1) is 0 Å². The monoisotopic (exact) mass is 341 g/mol. The van der Waals surface area contributed by atoms with Crippen LogP contribution in [0, 0.1) is 6.92 Å². The number of nitrogens with zero attached hydrogens (tertiary/aromatic N) is 2. The second-order valence-corrected chi connectivity index (χ2v) is 5.91. The van der Waals surface area contributed by atoms with Crippen molar-refractivity contribution in [2.24, 2.45) is 5.73 Å². The standard InChI is InChI=1S/C18H16ClN3O2/c1-11-13(10-15(18(20)24)17(23)16(11)19)9-12-3-5-14(6-4-12)22-8-2-7-21-22/h2-8,10,23H,9H2,1H3,(H2,20,24). The van der Waals surface area contributed by atoms with Crippen molar-refractivity contribution in [3.05, 3.63) is 76.1 Å². The summed E-state index contributed by atoms with van der Waals surface area (Å²) in [6.45, 7) is 1.81. The van der Waals surface area contributed by atoms with E-state index in [1.165, 1.54) is 0 Å². The number of nitrogens with two attached hydrogens (primary N) is 1. The summed E-state index contributed by atoms with van der Waals surface area (Å²) in [5, 5.41) is 14.3. The molecule has 0 saturated heterocycles. The topological polar surface area (TPSA) is 81.1 Å². The highest BCUT2D eigenvalue weighted by Gasteiger charge is 2.17. The first-order valence-corrected chi connectivity index (χ1v) is 7.75. The number of rotatable bonds is 4. The molecule has 3 aromatic rings. The minimum atomic E-state index is -0.704. The van der Waals surface area contributed by atoms with E-state index in [9.17, 15) is 9.90 Å². The lowest BCUT2D eigenvalue weighted by Crippen LogP contribution is -2.12. The van der Waals surface area contributed by atoms with Gasteiger partial charge < -0.3 is 10.8 Å². The molecule has 5 nitrogen and oxygen atoms in total. The molecule has 0 unspecified atom stereocenters. The van der Waals surface area contributed by atoms with Gasteiger partial charge in [0.1, 0.15) is 5.75 Å². The Bertz CT molecular complexity index is 888. The Morgan fingerprint density at radius 3 is 2.62 bits per heavy atom. The first kappa shape index (κ1) is 16.1. The molecular weight excluding hydrogens is 326 g/mol. The molecule has 1 aromatic heterocycles. The van der Waals surface area contributed by atoms with Gasteiger partial charge in [-0.1, -0.05) is 23.7 Å². The molecule has 1 amide bonds. The van der Waals surface area contributed by atoms with Gasteiger partial charge in [-0.25, -0.2) is 4.68 Å². The lowest BCUT2D eigenvalue weighted by Gasteiger charge is -2.12. The summed E-state index contributed by atoms with van der Waals surface area (Å²) in [7, 11) is 0. The lowest BCUT2D eigenvalue weighted by molar-refractivity contribution is 0.0997. The highest BCUT2D eigenvalue weighted by atomic mass is 35.5. The molecular formula is C18H16ClN3O2. The summed E-state index contributed by atoms with van der Waals surface area (Å²) >= 11 is 6.12. The first-order chi connectivity index (χ1) is 11.5. The molecule has 3 N–H and O–H groups in total. The van der Waals surface area contributed by atoms with Gasteiger partial charge >= 0.3 is 0 Å². The molecule has 2 aromatic carbocycles. The van der Waals surface area contributed by atoms with Crippen LogP contribution in [-0.4, -0.2) is 20.8 Å². The number of primary amides is 1. The molecule has 0 aliphatic rings. The van der Waals surface area contributed by atoms with Crippen molar-refractivity contribution in [1.82, 2.24) is 9.78 Å². The van der Waals surface area contributed by atoms with Gasteiger partial charge in [0.15, 0.2) is 0 Å². The SMILES string of the molecule is Cc1c(Cc2ccc(-n3cccn3)cc2)cc(C(N)=O)c(O)c1Cl. The minimum absolute atomic E-state index is 0.0359. The summed E-state index contributed by atoms with van der Waals surface area (Å²) in [5.74, 6) is -0.968. The van der Waals surface area contributed by atoms with Crippen LogP contribution in [0.4, 0.5) is 0 Å². The zero-order valence-electron chi connectivity index (χ0n) is 13.0. The zero-order valence-corrected chi connectivity index (χ0v) is 13.8. The Morgan fingerprint density at radius 1 is 1.33 bits per heavy atom. The largest absolute Gasteiger partial charge is 0.506 e. The molecule has 0 spiro atoms. The van der Waals surface area contributed by atoms with Crippen LogP contribution in [0.2, 0.25) is 5.02 Å². The smallest absolute Gasteiger partial charge is 0.252 e. The van der Waals surface area contributed by atoms with E-state index in [0.29, 0.717) is 6.42 Å².